The number of para-hydroxylation sites is 1. The maximum absolute atomic E-state index is 12.2. The molecule has 1 aromatic rings. The molecule has 1 fully saturated rings. The molecule has 0 bridgehead atoms. The zero-order valence-electron chi connectivity index (χ0n) is 14.2. The fourth-order valence-electron chi connectivity index (χ4n) is 2.65. The van der Waals surface area contributed by atoms with Crippen molar-refractivity contribution in [3.63, 3.8) is 0 Å². The Bertz CT molecular complexity index is 673. The van der Waals surface area contributed by atoms with E-state index in [4.69, 9.17) is 14.6 Å². The first-order chi connectivity index (χ1) is 11.9. The SMILES string of the molecule is CS(=O)(=O)N(CCOC1CCCCO1)c1ccccc1CNC(=O)O. The van der Waals surface area contributed by atoms with E-state index < -0.39 is 16.1 Å². The number of hydrogen-bond donors (Lipinski definition) is 2. The van der Waals surface area contributed by atoms with Gasteiger partial charge >= 0.3 is 6.09 Å². The van der Waals surface area contributed by atoms with Crippen LogP contribution in [0.2, 0.25) is 0 Å². The van der Waals surface area contributed by atoms with Crippen LogP contribution in [0.3, 0.4) is 0 Å². The summed E-state index contributed by atoms with van der Waals surface area (Å²) >= 11 is 0. The molecule has 0 aromatic heterocycles. The summed E-state index contributed by atoms with van der Waals surface area (Å²) in [5, 5.41) is 11.0. The molecule has 9 heteroatoms. The highest BCUT2D eigenvalue weighted by atomic mass is 32.2. The molecule has 1 atom stereocenters. The maximum Gasteiger partial charge on any atom is 0.404 e. The lowest BCUT2D eigenvalue weighted by Gasteiger charge is -2.27. The van der Waals surface area contributed by atoms with Crippen LogP contribution in [0.25, 0.3) is 0 Å². The van der Waals surface area contributed by atoms with E-state index in [0.717, 1.165) is 25.5 Å². The second kappa shape index (κ2) is 9.02. The van der Waals surface area contributed by atoms with E-state index in [0.29, 0.717) is 17.9 Å². The number of anilines is 1. The molecular formula is C16H24N2O6S. The maximum atomic E-state index is 12.2. The van der Waals surface area contributed by atoms with Crippen molar-refractivity contribution >= 4 is 21.8 Å². The molecule has 0 radical (unpaired) electrons. The highest BCUT2D eigenvalue weighted by molar-refractivity contribution is 7.92. The summed E-state index contributed by atoms with van der Waals surface area (Å²) in [6.07, 6.45) is 2.50. The number of carbonyl (C=O) groups is 1. The van der Waals surface area contributed by atoms with Crippen LogP contribution in [0.4, 0.5) is 10.5 Å². The summed E-state index contributed by atoms with van der Waals surface area (Å²) < 4.78 is 36.7. The second-order valence-electron chi connectivity index (χ2n) is 5.79. The first-order valence-corrected chi connectivity index (χ1v) is 9.98. The van der Waals surface area contributed by atoms with Gasteiger partial charge in [0.05, 0.1) is 25.1 Å². The number of carboxylic acid groups (broad SMARTS) is 1. The highest BCUT2D eigenvalue weighted by Gasteiger charge is 2.21. The molecule has 1 amide bonds. The predicted octanol–water partition coefficient (Wildman–Crippen LogP) is 1.76. The lowest BCUT2D eigenvalue weighted by Crippen LogP contribution is -2.36. The van der Waals surface area contributed by atoms with Crippen LogP contribution >= 0.6 is 0 Å². The molecular weight excluding hydrogens is 348 g/mol. The van der Waals surface area contributed by atoms with Gasteiger partial charge in [-0.2, -0.15) is 0 Å². The van der Waals surface area contributed by atoms with E-state index in [-0.39, 0.29) is 26.0 Å². The zero-order chi connectivity index (χ0) is 18.3. The monoisotopic (exact) mass is 372 g/mol. The van der Waals surface area contributed by atoms with Crippen LogP contribution in [0, 0.1) is 0 Å². The van der Waals surface area contributed by atoms with E-state index >= 15 is 0 Å². The minimum Gasteiger partial charge on any atom is -0.465 e. The molecule has 1 heterocycles. The number of benzene rings is 1. The number of nitrogens with one attached hydrogen (secondary N) is 1. The number of nitrogens with zero attached hydrogens (tertiary/aromatic N) is 1. The summed E-state index contributed by atoms with van der Waals surface area (Å²) in [6.45, 7) is 0.996. The Kier molecular flexibility index (Phi) is 7.03. The quantitative estimate of drug-likeness (QED) is 0.720. The third-order valence-electron chi connectivity index (χ3n) is 3.83. The van der Waals surface area contributed by atoms with Gasteiger partial charge in [-0.15, -0.1) is 0 Å². The molecule has 2 N–H and O–H groups in total. The van der Waals surface area contributed by atoms with Crippen LogP contribution in [0.1, 0.15) is 24.8 Å². The normalized spacial score (nSPS) is 17.9. The topological polar surface area (TPSA) is 105 Å². The molecule has 8 nitrogen and oxygen atoms in total. The fourth-order valence-corrected chi connectivity index (χ4v) is 3.59. The minimum absolute atomic E-state index is 0.0180. The lowest BCUT2D eigenvalue weighted by molar-refractivity contribution is -0.160. The van der Waals surface area contributed by atoms with E-state index in [9.17, 15) is 13.2 Å². The minimum atomic E-state index is -3.54. The van der Waals surface area contributed by atoms with Crippen molar-refractivity contribution in [2.75, 3.05) is 30.3 Å². The van der Waals surface area contributed by atoms with E-state index in [1.54, 1.807) is 24.3 Å². The van der Waals surface area contributed by atoms with Gasteiger partial charge in [0.2, 0.25) is 10.0 Å². The van der Waals surface area contributed by atoms with Crippen molar-refractivity contribution in [1.82, 2.24) is 5.32 Å². The van der Waals surface area contributed by atoms with Gasteiger partial charge in [-0.25, -0.2) is 13.2 Å². The summed E-state index contributed by atoms with van der Waals surface area (Å²) in [5.74, 6) is 0. The summed E-state index contributed by atoms with van der Waals surface area (Å²) in [6, 6.07) is 6.78. The predicted molar refractivity (Wildman–Crippen MR) is 93.0 cm³/mol. The lowest BCUT2D eigenvalue weighted by atomic mass is 10.1. The Morgan fingerprint density at radius 3 is 2.80 bits per heavy atom. The molecule has 1 unspecified atom stereocenters. The fraction of sp³-hybridized carbons (Fsp3) is 0.562. The first kappa shape index (κ1) is 19.5. The van der Waals surface area contributed by atoms with Crippen molar-refractivity contribution in [1.29, 1.82) is 0 Å². The average molecular weight is 372 g/mol. The molecule has 1 aliphatic rings. The molecule has 140 valence electrons. The van der Waals surface area contributed by atoms with Crippen molar-refractivity contribution < 1.29 is 27.8 Å². The molecule has 1 aromatic carbocycles. The number of rotatable bonds is 8. The number of amides is 1. The van der Waals surface area contributed by atoms with Crippen molar-refractivity contribution in [3.05, 3.63) is 29.8 Å². The Morgan fingerprint density at radius 2 is 2.16 bits per heavy atom. The largest absolute Gasteiger partial charge is 0.465 e. The van der Waals surface area contributed by atoms with Crippen LogP contribution in [-0.4, -0.2) is 51.9 Å². The van der Waals surface area contributed by atoms with Gasteiger partial charge in [-0.05, 0) is 30.9 Å². The van der Waals surface area contributed by atoms with E-state index in [2.05, 4.69) is 5.32 Å². The molecule has 2 rings (SSSR count). The van der Waals surface area contributed by atoms with Gasteiger partial charge in [0, 0.05) is 13.2 Å². The number of ether oxygens (including phenoxy) is 2. The zero-order valence-corrected chi connectivity index (χ0v) is 15.0. The third-order valence-corrected chi connectivity index (χ3v) is 5.01. The van der Waals surface area contributed by atoms with Crippen LogP contribution in [0.15, 0.2) is 24.3 Å². The summed E-state index contributed by atoms with van der Waals surface area (Å²) in [7, 11) is -3.54. The molecule has 1 saturated heterocycles. The van der Waals surface area contributed by atoms with Crippen LogP contribution < -0.4 is 9.62 Å². The van der Waals surface area contributed by atoms with Crippen LogP contribution in [-0.2, 0) is 26.0 Å². The Hall–Kier alpha value is -1.84. The summed E-state index contributed by atoms with van der Waals surface area (Å²) in [4.78, 5) is 10.7. The van der Waals surface area contributed by atoms with Gasteiger partial charge in [-0.3, -0.25) is 4.31 Å². The molecule has 0 saturated carbocycles. The van der Waals surface area contributed by atoms with Crippen molar-refractivity contribution in [3.8, 4) is 0 Å². The molecule has 1 aliphatic heterocycles. The van der Waals surface area contributed by atoms with Crippen molar-refractivity contribution in [2.45, 2.75) is 32.1 Å². The van der Waals surface area contributed by atoms with Crippen LogP contribution in [0.5, 0.6) is 0 Å². The van der Waals surface area contributed by atoms with Crippen molar-refractivity contribution in [2.24, 2.45) is 0 Å². The second-order valence-corrected chi connectivity index (χ2v) is 7.70. The van der Waals surface area contributed by atoms with Gasteiger partial charge in [0.25, 0.3) is 0 Å². The standard InChI is InChI=1S/C16H24N2O6S/c1-25(21,22)18(9-11-24-15-8-4-5-10-23-15)14-7-3-2-6-13(14)12-17-16(19)20/h2-3,6-7,15,17H,4-5,8-12H2,1H3,(H,19,20). The van der Waals surface area contributed by atoms with E-state index in [1.807, 2.05) is 0 Å². The van der Waals surface area contributed by atoms with E-state index in [1.165, 1.54) is 4.31 Å². The average Bonchev–Trinajstić information content (AvgIpc) is 2.57. The third kappa shape index (κ3) is 6.18. The molecule has 0 spiro atoms. The van der Waals surface area contributed by atoms with Gasteiger partial charge < -0.3 is 19.9 Å². The Balaban J connectivity index is 2.08. The Labute approximate surface area is 147 Å². The first-order valence-electron chi connectivity index (χ1n) is 8.13. The molecule has 0 aliphatic carbocycles. The smallest absolute Gasteiger partial charge is 0.404 e. The summed E-state index contributed by atoms with van der Waals surface area (Å²) in [5.41, 5.74) is 1.01. The number of hydrogen-bond acceptors (Lipinski definition) is 5. The molecule has 25 heavy (non-hydrogen) atoms. The van der Waals surface area contributed by atoms with Gasteiger partial charge in [0.15, 0.2) is 6.29 Å². The highest BCUT2D eigenvalue weighted by Crippen LogP contribution is 2.23. The van der Waals surface area contributed by atoms with Gasteiger partial charge in [0.1, 0.15) is 0 Å². The van der Waals surface area contributed by atoms with Gasteiger partial charge in [-0.1, -0.05) is 18.2 Å². The Morgan fingerprint density at radius 1 is 1.40 bits per heavy atom. The number of sulfonamides is 1.